The minimum Gasteiger partial charge on any atom is -0.493 e. The zero-order valence-corrected chi connectivity index (χ0v) is 20.7. The fourth-order valence-electron chi connectivity index (χ4n) is 4.58. The number of rotatable bonds is 8. The van der Waals surface area contributed by atoms with Crippen molar-refractivity contribution < 1.29 is 14.6 Å². The minimum absolute atomic E-state index is 0.0532. The van der Waals surface area contributed by atoms with Gasteiger partial charge in [0, 0.05) is 12.7 Å². The molecule has 9 heteroatoms. The van der Waals surface area contributed by atoms with Crippen LogP contribution in [0.15, 0.2) is 84.0 Å². The van der Waals surface area contributed by atoms with Crippen LogP contribution in [-0.2, 0) is 35.6 Å². The van der Waals surface area contributed by atoms with E-state index in [9.17, 15) is 14.7 Å². The number of carbonyl (C=O) groups is 1. The average molecular weight is 508 g/mol. The van der Waals surface area contributed by atoms with E-state index in [1.807, 2.05) is 59.2 Å². The predicted molar refractivity (Wildman–Crippen MR) is 141 cm³/mol. The summed E-state index contributed by atoms with van der Waals surface area (Å²) in [4.78, 5) is 30.1. The molecule has 0 amide bonds. The lowest BCUT2D eigenvalue weighted by atomic mass is 10.0. The number of nitrogens with zero attached hydrogens (tertiary/aromatic N) is 5. The lowest BCUT2D eigenvalue weighted by molar-refractivity contribution is -0.139. The second kappa shape index (κ2) is 10.5. The normalized spacial score (nSPS) is 10.9. The van der Waals surface area contributed by atoms with E-state index in [1.165, 1.54) is 16.2 Å². The first kappa shape index (κ1) is 24.6. The van der Waals surface area contributed by atoms with Gasteiger partial charge in [0.15, 0.2) is 0 Å². The number of carbonyl (C=O) groups excluding carboxylic acids is 1. The third-order valence-corrected chi connectivity index (χ3v) is 6.60. The molecule has 0 spiro atoms. The molecule has 0 aliphatic carbocycles. The van der Waals surface area contributed by atoms with Crippen molar-refractivity contribution in [2.75, 3.05) is 7.11 Å². The molecule has 5 rings (SSSR count). The highest BCUT2D eigenvalue weighted by atomic mass is 16.5. The Hall–Kier alpha value is -5.10. The number of fused-ring (bicyclic) bond motifs is 1. The number of nitriles is 1. The molecule has 0 saturated carbocycles. The number of hydrogen-bond acceptors (Lipinski definition) is 6. The van der Waals surface area contributed by atoms with Gasteiger partial charge in [0.25, 0.3) is 0 Å². The molecule has 3 aromatic carbocycles. The number of aromatic nitrogens is 4. The largest absolute Gasteiger partial charge is 0.493 e. The van der Waals surface area contributed by atoms with Crippen LogP contribution in [0.2, 0.25) is 0 Å². The van der Waals surface area contributed by atoms with E-state index in [4.69, 9.17) is 10.00 Å². The maximum Gasteiger partial charge on any atom is 0.331 e. The molecule has 2 heterocycles. The van der Waals surface area contributed by atoms with Crippen molar-refractivity contribution in [3.05, 3.63) is 118 Å². The molecular formula is C29H25N5O4. The third-order valence-electron chi connectivity index (χ3n) is 6.60. The first-order valence-electron chi connectivity index (χ1n) is 12.0. The van der Waals surface area contributed by atoms with Gasteiger partial charge < -0.3 is 14.4 Å². The Bertz CT molecular complexity index is 1720. The molecule has 9 nitrogen and oxygen atoms in total. The Kier molecular flexibility index (Phi) is 6.78. The van der Waals surface area contributed by atoms with Crippen LogP contribution in [0.25, 0.3) is 10.8 Å². The van der Waals surface area contributed by atoms with Crippen LogP contribution in [0, 0.1) is 11.3 Å². The number of methoxy groups -OCH3 is 1. The van der Waals surface area contributed by atoms with Gasteiger partial charge in [-0.2, -0.15) is 5.26 Å². The van der Waals surface area contributed by atoms with Gasteiger partial charge in [0.05, 0.1) is 56.0 Å². The Balaban J connectivity index is 1.51. The minimum atomic E-state index is -0.560. The third kappa shape index (κ3) is 4.80. The maximum absolute atomic E-state index is 13.6. The van der Waals surface area contributed by atoms with Crippen LogP contribution in [0.5, 0.6) is 5.88 Å². The standard InChI is InChI=1S/C29H25N5O4/c1-38-27(35)13-26-28(36)34(18-24-15-31-19-32(24)16-21-11-9-20(14-30)10-12-21)29(37)33(26)17-23-7-4-6-22-5-2-3-8-25(22)23/h2-12,15,19,36H,13,16-18H2,1H3. The number of benzene rings is 3. The van der Waals surface area contributed by atoms with Gasteiger partial charge >= 0.3 is 11.7 Å². The van der Waals surface area contributed by atoms with Crippen molar-refractivity contribution in [1.29, 1.82) is 5.26 Å². The maximum atomic E-state index is 13.6. The highest BCUT2D eigenvalue weighted by molar-refractivity contribution is 5.85. The summed E-state index contributed by atoms with van der Waals surface area (Å²) in [5.41, 5.74) is 2.85. The van der Waals surface area contributed by atoms with Gasteiger partial charge in [-0.1, -0.05) is 54.6 Å². The summed E-state index contributed by atoms with van der Waals surface area (Å²) >= 11 is 0. The number of ether oxygens (including phenoxy) is 1. The lowest BCUT2D eigenvalue weighted by Crippen LogP contribution is -2.27. The zero-order chi connectivity index (χ0) is 26.6. The summed E-state index contributed by atoms with van der Waals surface area (Å²) in [6.45, 7) is 0.706. The quantitative estimate of drug-likeness (QED) is 0.322. The molecule has 5 aromatic rings. The van der Waals surface area contributed by atoms with Crippen LogP contribution < -0.4 is 5.69 Å². The van der Waals surface area contributed by atoms with E-state index in [0.29, 0.717) is 17.8 Å². The number of aromatic hydroxyl groups is 1. The van der Waals surface area contributed by atoms with Gasteiger partial charge in [-0.05, 0) is 34.0 Å². The topological polar surface area (TPSA) is 115 Å². The molecule has 0 aliphatic heterocycles. The zero-order valence-electron chi connectivity index (χ0n) is 20.7. The van der Waals surface area contributed by atoms with Crippen LogP contribution in [-0.4, -0.2) is 36.9 Å². The van der Waals surface area contributed by atoms with Crippen LogP contribution in [0.1, 0.15) is 28.1 Å². The first-order chi connectivity index (χ1) is 18.5. The molecule has 0 atom stereocenters. The van der Waals surface area contributed by atoms with E-state index < -0.39 is 11.7 Å². The molecule has 2 aromatic heterocycles. The van der Waals surface area contributed by atoms with Crippen LogP contribution >= 0.6 is 0 Å². The lowest BCUT2D eigenvalue weighted by Gasteiger charge is -2.10. The summed E-state index contributed by atoms with van der Waals surface area (Å²) in [6, 6.07) is 23.0. The first-order valence-corrected chi connectivity index (χ1v) is 12.0. The smallest absolute Gasteiger partial charge is 0.331 e. The molecule has 0 unspecified atom stereocenters. The van der Waals surface area contributed by atoms with E-state index in [-0.39, 0.29) is 31.1 Å². The summed E-state index contributed by atoms with van der Waals surface area (Å²) in [5, 5.41) is 22.2. The second-order valence-corrected chi connectivity index (χ2v) is 8.94. The van der Waals surface area contributed by atoms with Gasteiger partial charge in [-0.3, -0.25) is 13.9 Å². The Morgan fingerprint density at radius 3 is 2.53 bits per heavy atom. The molecule has 0 radical (unpaired) electrons. The van der Waals surface area contributed by atoms with Crippen molar-refractivity contribution in [3.8, 4) is 11.9 Å². The van der Waals surface area contributed by atoms with Crippen molar-refractivity contribution in [3.63, 3.8) is 0 Å². The molecular weight excluding hydrogens is 482 g/mol. The van der Waals surface area contributed by atoms with Crippen LogP contribution in [0.4, 0.5) is 0 Å². The van der Waals surface area contributed by atoms with Crippen LogP contribution in [0.3, 0.4) is 0 Å². The molecule has 190 valence electrons. The highest BCUT2D eigenvalue weighted by Crippen LogP contribution is 2.23. The van der Waals surface area contributed by atoms with Crippen molar-refractivity contribution >= 4 is 16.7 Å². The summed E-state index contributed by atoms with van der Waals surface area (Å²) in [7, 11) is 1.27. The number of hydrogen-bond donors (Lipinski definition) is 1. The number of imidazole rings is 2. The summed E-state index contributed by atoms with van der Waals surface area (Å²) < 4.78 is 9.37. The van der Waals surface area contributed by atoms with E-state index in [1.54, 1.807) is 24.7 Å². The van der Waals surface area contributed by atoms with E-state index in [0.717, 1.165) is 21.9 Å². The van der Waals surface area contributed by atoms with Gasteiger partial charge in [-0.25, -0.2) is 9.78 Å². The Morgan fingerprint density at radius 1 is 1.00 bits per heavy atom. The fraction of sp³-hybridized carbons (Fsp3) is 0.172. The van der Waals surface area contributed by atoms with E-state index in [2.05, 4.69) is 11.1 Å². The summed E-state index contributed by atoms with van der Waals surface area (Å²) in [6.07, 6.45) is 3.04. The molecule has 1 N–H and O–H groups in total. The van der Waals surface area contributed by atoms with Gasteiger partial charge in [0.2, 0.25) is 5.88 Å². The Labute approximate surface area is 218 Å². The predicted octanol–water partition coefficient (Wildman–Crippen LogP) is 3.44. The van der Waals surface area contributed by atoms with Crippen molar-refractivity contribution in [2.45, 2.75) is 26.1 Å². The monoisotopic (exact) mass is 507 g/mol. The SMILES string of the molecule is COC(=O)Cc1c(O)n(Cc2cncn2Cc2ccc(C#N)cc2)c(=O)n1Cc1cccc2ccccc12. The highest BCUT2D eigenvalue weighted by Gasteiger charge is 2.23. The van der Waals surface area contributed by atoms with E-state index >= 15 is 0 Å². The molecule has 38 heavy (non-hydrogen) atoms. The Morgan fingerprint density at radius 2 is 1.76 bits per heavy atom. The molecule has 0 aliphatic rings. The average Bonchev–Trinajstić information content (AvgIpc) is 3.47. The molecule has 0 saturated heterocycles. The second-order valence-electron chi connectivity index (χ2n) is 8.94. The molecule has 0 bridgehead atoms. The number of esters is 1. The van der Waals surface area contributed by atoms with Gasteiger partial charge in [0.1, 0.15) is 0 Å². The van der Waals surface area contributed by atoms with Crippen molar-refractivity contribution in [1.82, 2.24) is 18.7 Å². The fourth-order valence-corrected chi connectivity index (χ4v) is 4.58. The van der Waals surface area contributed by atoms with Gasteiger partial charge in [-0.15, -0.1) is 0 Å². The molecule has 0 fully saturated rings. The van der Waals surface area contributed by atoms with Crippen molar-refractivity contribution in [2.24, 2.45) is 0 Å². The summed E-state index contributed by atoms with van der Waals surface area (Å²) in [5.74, 6) is -0.846.